The molecule has 7 nitrogen and oxygen atoms in total. The predicted octanol–water partition coefficient (Wildman–Crippen LogP) is 0.577. The highest BCUT2D eigenvalue weighted by molar-refractivity contribution is 5.95. The summed E-state index contributed by atoms with van der Waals surface area (Å²) in [5, 5.41) is 9.35. The summed E-state index contributed by atoms with van der Waals surface area (Å²) in [6.07, 6.45) is 3.35. The van der Waals surface area contributed by atoms with E-state index in [0.29, 0.717) is 11.6 Å². The number of amides is 2. The van der Waals surface area contributed by atoms with E-state index in [4.69, 9.17) is 5.73 Å². The molecule has 1 heterocycles. The second kappa shape index (κ2) is 7.78. The third-order valence-corrected chi connectivity index (χ3v) is 2.91. The normalized spacial score (nSPS) is 12.5. The molecule has 0 aromatic carbocycles. The molecule has 0 aliphatic heterocycles. The molecule has 1 aromatic heterocycles. The minimum atomic E-state index is -0.605. The number of nitrogens with two attached hydrogens (primary N) is 1. The number of hydrogen-bond acceptors (Lipinski definition) is 4. The SMILES string of the molecule is CC(C)Cn1cc(NC(=O)CNC(=O)[C@@H](N)C(C)C)cn1. The molecule has 0 aliphatic rings. The van der Waals surface area contributed by atoms with Crippen LogP contribution in [0.2, 0.25) is 0 Å². The molecule has 0 saturated heterocycles. The summed E-state index contributed by atoms with van der Waals surface area (Å²) in [4.78, 5) is 23.4. The highest BCUT2D eigenvalue weighted by Crippen LogP contribution is 2.06. The lowest BCUT2D eigenvalue weighted by molar-refractivity contribution is -0.125. The highest BCUT2D eigenvalue weighted by atomic mass is 16.2. The summed E-state index contributed by atoms with van der Waals surface area (Å²) in [5.41, 5.74) is 6.31. The Bertz CT molecular complexity index is 481. The van der Waals surface area contributed by atoms with Gasteiger partial charge in [-0.25, -0.2) is 0 Å². The van der Waals surface area contributed by atoms with Gasteiger partial charge in [0.05, 0.1) is 24.5 Å². The third kappa shape index (κ3) is 5.95. The van der Waals surface area contributed by atoms with E-state index < -0.39 is 6.04 Å². The molecular weight excluding hydrogens is 270 g/mol. The number of carbonyl (C=O) groups is 2. The maximum absolute atomic E-state index is 11.7. The summed E-state index contributed by atoms with van der Waals surface area (Å²) in [6.45, 7) is 8.58. The quantitative estimate of drug-likeness (QED) is 0.684. The summed E-state index contributed by atoms with van der Waals surface area (Å²) >= 11 is 0. The average molecular weight is 295 g/mol. The van der Waals surface area contributed by atoms with E-state index in [1.165, 1.54) is 0 Å². The number of hydrogen-bond donors (Lipinski definition) is 3. The van der Waals surface area contributed by atoms with Crippen LogP contribution >= 0.6 is 0 Å². The van der Waals surface area contributed by atoms with Gasteiger partial charge in [0.1, 0.15) is 0 Å². The zero-order valence-corrected chi connectivity index (χ0v) is 13.1. The van der Waals surface area contributed by atoms with Gasteiger partial charge in [-0.3, -0.25) is 14.3 Å². The van der Waals surface area contributed by atoms with Gasteiger partial charge >= 0.3 is 0 Å². The predicted molar refractivity (Wildman–Crippen MR) is 81.5 cm³/mol. The summed E-state index contributed by atoms with van der Waals surface area (Å²) in [7, 11) is 0. The first kappa shape index (κ1) is 17.2. The zero-order chi connectivity index (χ0) is 16.0. The second-order valence-electron chi connectivity index (χ2n) is 5.88. The Labute approximate surface area is 125 Å². The van der Waals surface area contributed by atoms with Crippen molar-refractivity contribution in [2.75, 3.05) is 11.9 Å². The lowest BCUT2D eigenvalue weighted by Gasteiger charge is -2.14. The van der Waals surface area contributed by atoms with Crippen LogP contribution in [0.5, 0.6) is 0 Å². The number of nitrogens with one attached hydrogen (secondary N) is 2. The number of rotatable bonds is 7. The van der Waals surface area contributed by atoms with Gasteiger partial charge < -0.3 is 16.4 Å². The van der Waals surface area contributed by atoms with Crippen molar-refractivity contribution in [3.63, 3.8) is 0 Å². The van der Waals surface area contributed by atoms with Crippen molar-refractivity contribution in [2.24, 2.45) is 17.6 Å². The standard InChI is InChI=1S/C14H25N5O2/c1-9(2)7-19-8-11(5-17-19)18-12(20)6-16-14(21)13(15)10(3)4/h5,8-10,13H,6-7,15H2,1-4H3,(H,16,21)(H,18,20)/t13-/m0/s1. The number of carbonyl (C=O) groups excluding carboxylic acids is 2. The van der Waals surface area contributed by atoms with Crippen molar-refractivity contribution in [1.29, 1.82) is 0 Å². The molecule has 7 heteroatoms. The number of nitrogens with zero attached hydrogens (tertiary/aromatic N) is 2. The van der Waals surface area contributed by atoms with E-state index in [1.54, 1.807) is 17.1 Å². The molecular formula is C14H25N5O2. The van der Waals surface area contributed by atoms with Gasteiger partial charge in [0.2, 0.25) is 11.8 Å². The minimum Gasteiger partial charge on any atom is -0.346 e. The Hall–Kier alpha value is -1.89. The van der Waals surface area contributed by atoms with Crippen LogP contribution in [0.25, 0.3) is 0 Å². The van der Waals surface area contributed by atoms with Crippen molar-refractivity contribution >= 4 is 17.5 Å². The lowest BCUT2D eigenvalue weighted by atomic mass is 10.1. The van der Waals surface area contributed by atoms with Crippen LogP contribution in [-0.2, 0) is 16.1 Å². The maximum atomic E-state index is 11.7. The van der Waals surface area contributed by atoms with Gasteiger partial charge in [-0.2, -0.15) is 5.10 Å². The summed E-state index contributed by atoms with van der Waals surface area (Å²) in [6, 6.07) is -0.605. The van der Waals surface area contributed by atoms with Gasteiger partial charge in [0, 0.05) is 12.7 Å². The molecule has 0 spiro atoms. The van der Waals surface area contributed by atoms with Crippen molar-refractivity contribution in [2.45, 2.75) is 40.3 Å². The van der Waals surface area contributed by atoms with Crippen LogP contribution in [0.15, 0.2) is 12.4 Å². The molecule has 0 fully saturated rings. The molecule has 1 rings (SSSR count). The van der Waals surface area contributed by atoms with E-state index in [0.717, 1.165) is 6.54 Å². The fourth-order valence-corrected chi connectivity index (χ4v) is 1.70. The molecule has 0 aliphatic carbocycles. The highest BCUT2D eigenvalue weighted by Gasteiger charge is 2.17. The molecule has 0 saturated carbocycles. The van der Waals surface area contributed by atoms with Crippen LogP contribution < -0.4 is 16.4 Å². The third-order valence-electron chi connectivity index (χ3n) is 2.91. The minimum absolute atomic E-state index is 0.0299. The summed E-state index contributed by atoms with van der Waals surface area (Å²) in [5.74, 6) is -0.119. The molecule has 1 atom stereocenters. The maximum Gasteiger partial charge on any atom is 0.243 e. The molecule has 0 radical (unpaired) electrons. The monoisotopic (exact) mass is 295 g/mol. The van der Waals surface area contributed by atoms with Gasteiger partial charge in [0.25, 0.3) is 0 Å². The Balaban J connectivity index is 2.40. The van der Waals surface area contributed by atoms with Crippen LogP contribution in [0, 0.1) is 11.8 Å². The molecule has 0 unspecified atom stereocenters. The number of anilines is 1. The van der Waals surface area contributed by atoms with Gasteiger partial charge in [0.15, 0.2) is 0 Å². The smallest absolute Gasteiger partial charge is 0.243 e. The fourth-order valence-electron chi connectivity index (χ4n) is 1.70. The van der Waals surface area contributed by atoms with Crippen molar-refractivity contribution in [3.8, 4) is 0 Å². The number of aromatic nitrogens is 2. The van der Waals surface area contributed by atoms with Gasteiger partial charge in [-0.05, 0) is 11.8 Å². The Morgan fingerprint density at radius 2 is 2.00 bits per heavy atom. The van der Waals surface area contributed by atoms with Crippen LogP contribution in [-0.4, -0.2) is 34.2 Å². The Kier molecular flexibility index (Phi) is 6.36. The molecule has 0 bridgehead atoms. The first-order valence-electron chi connectivity index (χ1n) is 7.15. The largest absolute Gasteiger partial charge is 0.346 e. The molecule has 1 aromatic rings. The van der Waals surface area contributed by atoms with Gasteiger partial charge in [-0.15, -0.1) is 0 Å². The first-order chi connectivity index (χ1) is 9.79. The molecule has 4 N–H and O–H groups in total. The zero-order valence-electron chi connectivity index (χ0n) is 13.1. The van der Waals surface area contributed by atoms with E-state index in [9.17, 15) is 9.59 Å². The molecule has 2 amide bonds. The van der Waals surface area contributed by atoms with Crippen LogP contribution in [0.3, 0.4) is 0 Å². The van der Waals surface area contributed by atoms with Crippen molar-refractivity contribution in [3.05, 3.63) is 12.4 Å². The van der Waals surface area contributed by atoms with Gasteiger partial charge in [-0.1, -0.05) is 27.7 Å². The lowest BCUT2D eigenvalue weighted by Crippen LogP contribution is -2.46. The second-order valence-corrected chi connectivity index (χ2v) is 5.88. The van der Waals surface area contributed by atoms with Crippen LogP contribution in [0.4, 0.5) is 5.69 Å². The first-order valence-corrected chi connectivity index (χ1v) is 7.15. The van der Waals surface area contributed by atoms with Crippen molar-refractivity contribution < 1.29 is 9.59 Å². The summed E-state index contributed by atoms with van der Waals surface area (Å²) < 4.78 is 1.77. The van der Waals surface area contributed by atoms with E-state index in [-0.39, 0.29) is 24.3 Å². The molecule has 118 valence electrons. The van der Waals surface area contributed by atoms with E-state index in [1.807, 2.05) is 13.8 Å². The Morgan fingerprint density at radius 1 is 1.33 bits per heavy atom. The Morgan fingerprint density at radius 3 is 2.57 bits per heavy atom. The van der Waals surface area contributed by atoms with Crippen LogP contribution in [0.1, 0.15) is 27.7 Å². The van der Waals surface area contributed by atoms with Crippen molar-refractivity contribution in [1.82, 2.24) is 15.1 Å². The van der Waals surface area contributed by atoms with E-state index in [2.05, 4.69) is 29.6 Å². The topological polar surface area (TPSA) is 102 Å². The van der Waals surface area contributed by atoms with E-state index >= 15 is 0 Å². The fraction of sp³-hybridized carbons (Fsp3) is 0.643. The average Bonchev–Trinajstić information content (AvgIpc) is 2.81. The molecule has 21 heavy (non-hydrogen) atoms.